The van der Waals surface area contributed by atoms with Gasteiger partial charge in [-0.15, -0.1) is 0 Å². The number of halogens is 1. The highest BCUT2D eigenvalue weighted by Crippen LogP contribution is 2.30. The number of amides is 1. The fraction of sp³-hybridized carbons (Fsp3) is 0.588. The minimum absolute atomic E-state index is 0.0281. The zero-order valence-corrected chi connectivity index (χ0v) is 13.9. The lowest BCUT2D eigenvalue weighted by Gasteiger charge is -2.32. The molecule has 0 radical (unpaired) electrons. The van der Waals surface area contributed by atoms with Crippen molar-refractivity contribution in [3.05, 3.63) is 34.9 Å². The third kappa shape index (κ3) is 5.54. The largest absolute Gasteiger partial charge is 0.352 e. The Morgan fingerprint density at radius 1 is 1.20 bits per heavy atom. The molecule has 1 aromatic carbocycles. The van der Waals surface area contributed by atoms with E-state index in [1.165, 1.54) is 0 Å². The fourth-order valence-electron chi connectivity index (χ4n) is 2.23. The van der Waals surface area contributed by atoms with Gasteiger partial charge in [-0.25, -0.2) is 0 Å². The topological polar surface area (TPSA) is 29.1 Å². The molecule has 1 atom stereocenters. The van der Waals surface area contributed by atoms with Crippen LogP contribution in [0.5, 0.6) is 0 Å². The van der Waals surface area contributed by atoms with Gasteiger partial charge < -0.3 is 5.32 Å². The Hall–Kier alpha value is -1.02. The van der Waals surface area contributed by atoms with E-state index in [9.17, 15) is 4.79 Å². The summed E-state index contributed by atoms with van der Waals surface area (Å²) in [6, 6.07) is 7.00. The van der Waals surface area contributed by atoms with Gasteiger partial charge in [0.1, 0.15) is 0 Å². The summed E-state index contributed by atoms with van der Waals surface area (Å²) in [4.78, 5) is 12.1. The van der Waals surface area contributed by atoms with Gasteiger partial charge >= 0.3 is 0 Å². The molecular formula is C17H26ClNO. The van der Waals surface area contributed by atoms with E-state index in [2.05, 4.69) is 39.9 Å². The highest BCUT2D eigenvalue weighted by molar-refractivity contribution is 6.30. The van der Waals surface area contributed by atoms with E-state index in [-0.39, 0.29) is 11.3 Å². The maximum absolute atomic E-state index is 12.1. The summed E-state index contributed by atoms with van der Waals surface area (Å²) >= 11 is 5.83. The van der Waals surface area contributed by atoms with Crippen LogP contribution in [0.3, 0.4) is 0 Å². The summed E-state index contributed by atoms with van der Waals surface area (Å²) in [6.07, 6.45) is 1.12. The zero-order valence-electron chi connectivity index (χ0n) is 13.2. The highest BCUT2D eigenvalue weighted by atomic mass is 35.5. The molecule has 20 heavy (non-hydrogen) atoms. The molecule has 3 heteroatoms. The molecular weight excluding hydrogens is 270 g/mol. The highest BCUT2D eigenvalue weighted by Gasteiger charge is 2.25. The molecule has 0 bridgehead atoms. The van der Waals surface area contributed by atoms with Gasteiger partial charge in [-0.05, 0) is 47.9 Å². The Morgan fingerprint density at radius 2 is 1.75 bits per heavy atom. The molecule has 0 fully saturated rings. The monoisotopic (exact) mass is 295 g/mol. The summed E-state index contributed by atoms with van der Waals surface area (Å²) < 4.78 is 0. The van der Waals surface area contributed by atoms with Crippen molar-refractivity contribution in [2.45, 2.75) is 41.0 Å². The Kier molecular flexibility index (Phi) is 6.07. The second-order valence-corrected chi connectivity index (χ2v) is 7.35. The molecule has 0 aliphatic rings. The van der Waals surface area contributed by atoms with Gasteiger partial charge in [-0.2, -0.15) is 0 Å². The van der Waals surface area contributed by atoms with Crippen molar-refractivity contribution in [1.29, 1.82) is 0 Å². The normalized spacial score (nSPS) is 13.3. The summed E-state index contributed by atoms with van der Waals surface area (Å²) in [5.41, 5.74) is 0.851. The zero-order chi connectivity index (χ0) is 15.3. The predicted molar refractivity (Wildman–Crippen MR) is 86.2 cm³/mol. The van der Waals surface area contributed by atoms with Crippen molar-refractivity contribution < 1.29 is 4.79 Å². The smallest absolute Gasteiger partial charge is 0.251 e. The van der Waals surface area contributed by atoms with Crippen LogP contribution in [0.1, 0.15) is 51.4 Å². The van der Waals surface area contributed by atoms with Crippen LogP contribution in [0, 0.1) is 17.3 Å². The third-order valence-corrected chi connectivity index (χ3v) is 3.85. The second kappa shape index (κ2) is 7.12. The van der Waals surface area contributed by atoms with Crippen LogP contribution in [0.2, 0.25) is 5.02 Å². The minimum atomic E-state index is -0.0281. The Balaban J connectivity index is 2.63. The van der Waals surface area contributed by atoms with Crippen LogP contribution in [-0.4, -0.2) is 12.5 Å². The van der Waals surface area contributed by atoms with Gasteiger partial charge in [0.2, 0.25) is 0 Å². The molecule has 1 unspecified atom stereocenters. The standard InChI is InChI=1S/C17H26ClNO/c1-12(2)10-14(17(3,4)5)11-19-16(20)13-6-8-15(18)9-7-13/h6-9,12,14H,10-11H2,1-5H3,(H,19,20). The van der Waals surface area contributed by atoms with E-state index in [0.29, 0.717) is 29.0 Å². The van der Waals surface area contributed by atoms with Crippen LogP contribution >= 0.6 is 11.6 Å². The van der Waals surface area contributed by atoms with Gasteiger partial charge in [-0.1, -0.05) is 46.2 Å². The van der Waals surface area contributed by atoms with Crippen LogP contribution in [0.4, 0.5) is 0 Å². The number of carbonyl (C=O) groups excluding carboxylic acids is 1. The molecule has 0 aliphatic carbocycles. The lowest BCUT2D eigenvalue weighted by atomic mass is 9.76. The first-order chi connectivity index (χ1) is 9.20. The number of carbonyl (C=O) groups is 1. The number of rotatable bonds is 5. The van der Waals surface area contributed by atoms with Gasteiger partial charge in [0.25, 0.3) is 5.91 Å². The molecule has 1 N–H and O–H groups in total. The van der Waals surface area contributed by atoms with Crippen molar-refractivity contribution in [1.82, 2.24) is 5.32 Å². The molecule has 1 amide bonds. The molecule has 0 aliphatic heterocycles. The predicted octanol–water partition coefficient (Wildman–Crippen LogP) is 4.78. The first-order valence-corrected chi connectivity index (χ1v) is 7.61. The molecule has 0 saturated heterocycles. The van der Waals surface area contributed by atoms with Gasteiger partial charge in [-0.3, -0.25) is 4.79 Å². The van der Waals surface area contributed by atoms with Gasteiger partial charge in [0.15, 0.2) is 0 Å². The van der Waals surface area contributed by atoms with Gasteiger partial charge in [0, 0.05) is 17.1 Å². The summed E-state index contributed by atoms with van der Waals surface area (Å²) in [5.74, 6) is 1.07. The molecule has 1 aromatic rings. The summed E-state index contributed by atoms with van der Waals surface area (Å²) in [5, 5.41) is 3.70. The number of benzene rings is 1. The second-order valence-electron chi connectivity index (χ2n) is 6.91. The quantitative estimate of drug-likeness (QED) is 0.832. The van der Waals surface area contributed by atoms with Crippen LogP contribution < -0.4 is 5.32 Å². The molecule has 0 saturated carbocycles. The van der Waals surface area contributed by atoms with Crippen LogP contribution in [0.25, 0.3) is 0 Å². The Morgan fingerprint density at radius 3 is 2.20 bits per heavy atom. The number of nitrogens with one attached hydrogen (secondary N) is 1. The Labute approximate surface area is 127 Å². The number of hydrogen-bond donors (Lipinski definition) is 1. The fourth-order valence-corrected chi connectivity index (χ4v) is 2.36. The van der Waals surface area contributed by atoms with Crippen molar-refractivity contribution in [3.8, 4) is 0 Å². The maximum atomic E-state index is 12.1. The van der Waals surface area contributed by atoms with Crippen molar-refractivity contribution in [3.63, 3.8) is 0 Å². The molecule has 0 spiro atoms. The number of hydrogen-bond acceptors (Lipinski definition) is 1. The maximum Gasteiger partial charge on any atom is 0.251 e. The van der Waals surface area contributed by atoms with E-state index >= 15 is 0 Å². The van der Waals surface area contributed by atoms with E-state index in [1.54, 1.807) is 24.3 Å². The van der Waals surface area contributed by atoms with E-state index < -0.39 is 0 Å². The Bertz CT molecular complexity index is 431. The molecule has 2 nitrogen and oxygen atoms in total. The molecule has 112 valence electrons. The minimum Gasteiger partial charge on any atom is -0.352 e. The van der Waals surface area contributed by atoms with E-state index in [1.807, 2.05) is 0 Å². The molecule has 0 heterocycles. The summed E-state index contributed by atoms with van der Waals surface area (Å²) in [7, 11) is 0. The first kappa shape index (κ1) is 17.0. The van der Waals surface area contributed by atoms with Crippen molar-refractivity contribution in [2.24, 2.45) is 17.3 Å². The van der Waals surface area contributed by atoms with Crippen LogP contribution in [0.15, 0.2) is 24.3 Å². The molecule has 0 aromatic heterocycles. The van der Waals surface area contributed by atoms with Crippen molar-refractivity contribution >= 4 is 17.5 Å². The molecule has 1 rings (SSSR count). The van der Waals surface area contributed by atoms with Crippen molar-refractivity contribution in [2.75, 3.05) is 6.54 Å². The first-order valence-electron chi connectivity index (χ1n) is 7.24. The third-order valence-electron chi connectivity index (χ3n) is 3.60. The lowest BCUT2D eigenvalue weighted by molar-refractivity contribution is 0.0926. The van der Waals surface area contributed by atoms with E-state index in [0.717, 1.165) is 6.42 Å². The van der Waals surface area contributed by atoms with E-state index in [4.69, 9.17) is 11.6 Å². The lowest BCUT2D eigenvalue weighted by Crippen LogP contribution is -2.36. The van der Waals surface area contributed by atoms with Gasteiger partial charge in [0.05, 0.1) is 0 Å². The van der Waals surface area contributed by atoms with Crippen LogP contribution in [-0.2, 0) is 0 Å². The SMILES string of the molecule is CC(C)CC(CNC(=O)c1ccc(Cl)cc1)C(C)(C)C. The average Bonchev–Trinajstić information content (AvgIpc) is 2.33. The summed E-state index contributed by atoms with van der Waals surface area (Å²) in [6.45, 7) is 11.8. The average molecular weight is 296 g/mol.